The monoisotopic (exact) mass is 332 g/mol. The van der Waals surface area contributed by atoms with Gasteiger partial charge in [-0.25, -0.2) is 8.78 Å². The highest BCUT2D eigenvalue weighted by atomic mass is 19.1. The van der Waals surface area contributed by atoms with Gasteiger partial charge in [0, 0.05) is 17.7 Å². The van der Waals surface area contributed by atoms with E-state index in [1.54, 1.807) is 19.1 Å². The first kappa shape index (κ1) is 17.7. The molecule has 2 rings (SSSR count). The quantitative estimate of drug-likeness (QED) is 0.827. The van der Waals surface area contributed by atoms with Gasteiger partial charge in [-0.1, -0.05) is 0 Å². The van der Waals surface area contributed by atoms with Gasteiger partial charge < -0.3 is 5.32 Å². The van der Waals surface area contributed by atoms with Crippen LogP contribution in [-0.4, -0.2) is 16.7 Å². The van der Waals surface area contributed by atoms with E-state index in [2.05, 4.69) is 10.3 Å². The third-order valence-corrected chi connectivity index (χ3v) is 3.62. The summed E-state index contributed by atoms with van der Waals surface area (Å²) >= 11 is 0. The topological polar surface area (TPSA) is 59.1 Å². The number of nitrogens with zero attached hydrogens (tertiary/aromatic N) is 1. The number of hydrogen-bond acceptors (Lipinski definition) is 3. The number of amides is 1. The fourth-order valence-corrected chi connectivity index (χ4v) is 2.34. The molecule has 126 valence electrons. The summed E-state index contributed by atoms with van der Waals surface area (Å²) in [5.41, 5.74) is 1.95. The van der Waals surface area contributed by atoms with Crippen LogP contribution in [0.5, 0.6) is 0 Å². The van der Waals surface area contributed by atoms with Crippen molar-refractivity contribution in [1.82, 2.24) is 10.3 Å². The number of benzene rings is 1. The van der Waals surface area contributed by atoms with Crippen LogP contribution in [0.2, 0.25) is 0 Å². The Morgan fingerprint density at radius 3 is 2.58 bits per heavy atom. The lowest BCUT2D eigenvalue weighted by Gasteiger charge is -2.08. The molecule has 4 nitrogen and oxygen atoms in total. The maximum Gasteiger partial charge on any atom is 0.220 e. The Bertz CT molecular complexity index is 776. The Balaban J connectivity index is 1.88. The summed E-state index contributed by atoms with van der Waals surface area (Å²) in [4.78, 5) is 27.4. The van der Waals surface area contributed by atoms with Gasteiger partial charge in [0.1, 0.15) is 11.6 Å². The third-order valence-electron chi connectivity index (χ3n) is 3.62. The molecule has 1 N–H and O–H groups in total. The predicted octanol–water partition coefficient (Wildman–Crippen LogP) is 3.12. The zero-order valence-electron chi connectivity index (χ0n) is 13.5. The van der Waals surface area contributed by atoms with Crippen LogP contribution < -0.4 is 5.32 Å². The molecule has 0 aliphatic rings. The average molecular weight is 332 g/mol. The molecule has 0 atom stereocenters. The Labute approximate surface area is 138 Å². The van der Waals surface area contributed by atoms with Crippen molar-refractivity contribution in [3.63, 3.8) is 0 Å². The molecule has 2 aromatic rings. The smallest absolute Gasteiger partial charge is 0.220 e. The molecule has 0 spiro atoms. The molecule has 0 saturated carbocycles. The molecular weight excluding hydrogens is 314 g/mol. The normalized spacial score (nSPS) is 10.5. The molecule has 0 bridgehead atoms. The van der Waals surface area contributed by atoms with E-state index in [-0.39, 0.29) is 36.6 Å². The van der Waals surface area contributed by atoms with Crippen LogP contribution in [0.4, 0.5) is 8.78 Å². The molecule has 0 saturated heterocycles. The summed E-state index contributed by atoms with van der Waals surface area (Å²) in [5, 5.41) is 2.68. The minimum Gasteiger partial charge on any atom is -0.350 e. The molecule has 1 aromatic heterocycles. The van der Waals surface area contributed by atoms with E-state index in [0.29, 0.717) is 17.0 Å². The zero-order valence-corrected chi connectivity index (χ0v) is 13.5. The number of rotatable bonds is 6. The lowest BCUT2D eigenvalue weighted by molar-refractivity contribution is -0.121. The van der Waals surface area contributed by atoms with Gasteiger partial charge in [0.25, 0.3) is 0 Å². The van der Waals surface area contributed by atoms with Crippen molar-refractivity contribution < 1.29 is 18.4 Å². The second kappa shape index (κ2) is 7.77. The number of ketones is 1. The second-order valence-corrected chi connectivity index (χ2v) is 5.50. The van der Waals surface area contributed by atoms with Crippen molar-refractivity contribution in [2.75, 3.05) is 0 Å². The predicted molar refractivity (Wildman–Crippen MR) is 85.5 cm³/mol. The SMILES string of the molecule is CC(=O)c1ccc(CNC(=O)CCc2cc(F)ccc2F)nc1C. The van der Waals surface area contributed by atoms with Gasteiger partial charge >= 0.3 is 0 Å². The van der Waals surface area contributed by atoms with Crippen LogP contribution >= 0.6 is 0 Å². The Morgan fingerprint density at radius 2 is 1.92 bits per heavy atom. The Hall–Kier alpha value is -2.63. The maximum atomic E-state index is 13.5. The fraction of sp³-hybridized carbons (Fsp3) is 0.278. The van der Waals surface area contributed by atoms with Crippen molar-refractivity contribution in [2.24, 2.45) is 0 Å². The van der Waals surface area contributed by atoms with E-state index in [1.165, 1.54) is 6.92 Å². The summed E-state index contributed by atoms with van der Waals surface area (Å²) < 4.78 is 26.6. The minimum absolute atomic E-state index is 0.0465. The molecular formula is C18H18F2N2O2. The molecule has 24 heavy (non-hydrogen) atoms. The Morgan fingerprint density at radius 1 is 1.17 bits per heavy atom. The Kier molecular flexibility index (Phi) is 5.73. The maximum absolute atomic E-state index is 13.5. The third kappa shape index (κ3) is 4.68. The number of halogens is 2. The number of nitrogens with one attached hydrogen (secondary N) is 1. The van der Waals surface area contributed by atoms with E-state index >= 15 is 0 Å². The molecule has 0 aliphatic heterocycles. The number of aromatic nitrogens is 1. The lowest BCUT2D eigenvalue weighted by atomic mass is 10.1. The average Bonchev–Trinajstić information content (AvgIpc) is 2.53. The summed E-state index contributed by atoms with van der Waals surface area (Å²) in [7, 11) is 0. The van der Waals surface area contributed by atoms with E-state index in [9.17, 15) is 18.4 Å². The van der Waals surface area contributed by atoms with Gasteiger partial charge in [-0.05, 0) is 56.2 Å². The molecule has 6 heteroatoms. The largest absolute Gasteiger partial charge is 0.350 e. The molecule has 1 heterocycles. The van der Waals surface area contributed by atoms with E-state index in [1.807, 2.05) is 0 Å². The highest BCUT2D eigenvalue weighted by molar-refractivity contribution is 5.95. The first-order valence-electron chi connectivity index (χ1n) is 7.55. The number of carbonyl (C=O) groups excluding carboxylic acids is 2. The minimum atomic E-state index is -0.531. The van der Waals surface area contributed by atoms with Crippen LogP contribution in [0.15, 0.2) is 30.3 Å². The molecule has 0 aliphatic carbocycles. The lowest BCUT2D eigenvalue weighted by Crippen LogP contribution is -2.24. The summed E-state index contributed by atoms with van der Waals surface area (Å²) in [6, 6.07) is 6.53. The molecule has 0 unspecified atom stereocenters. The highest BCUT2D eigenvalue weighted by Crippen LogP contribution is 2.12. The van der Waals surface area contributed by atoms with Crippen molar-refractivity contribution in [2.45, 2.75) is 33.2 Å². The standard InChI is InChI=1S/C18H18F2N2O2/c1-11-16(12(2)23)6-5-15(22-11)10-21-18(24)8-3-13-9-14(19)4-7-17(13)20/h4-7,9H,3,8,10H2,1-2H3,(H,21,24). The zero-order chi connectivity index (χ0) is 17.7. The fourth-order valence-electron chi connectivity index (χ4n) is 2.34. The molecule has 1 aromatic carbocycles. The van der Waals surface area contributed by atoms with E-state index < -0.39 is 11.6 Å². The van der Waals surface area contributed by atoms with Crippen LogP contribution in [0, 0.1) is 18.6 Å². The number of pyridine rings is 1. The van der Waals surface area contributed by atoms with Gasteiger partial charge in [-0.3, -0.25) is 14.6 Å². The van der Waals surface area contributed by atoms with Crippen LogP contribution in [0.1, 0.15) is 40.7 Å². The van der Waals surface area contributed by atoms with Crippen LogP contribution in [0.3, 0.4) is 0 Å². The van der Waals surface area contributed by atoms with Gasteiger partial charge in [0.15, 0.2) is 5.78 Å². The number of hydrogen-bond donors (Lipinski definition) is 1. The number of carbonyl (C=O) groups is 2. The van der Waals surface area contributed by atoms with Crippen LogP contribution in [0.25, 0.3) is 0 Å². The van der Waals surface area contributed by atoms with E-state index in [4.69, 9.17) is 0 Å². The number of Topliss-reactive ketones (excluding diaryl/α,β-unsaturated/α-hetero) is 1. The van der Waals surface area contributed by atoms with E-state index in [0.717, 1.165) is 18.2 Å². The first-order chi connectivity index (χ1) is 11.4. The van der Waals surface area contributed by atoms with Crippen molar-refractivity contribution in [3.8, 4) is 0 Å². The molecule has 0 fully saturated rings. The summed E-state index contributed by atoms with van der Waals surface area (Å²) in [6.45, 7) is 3.41. The second-order valence-electron chi connectivity index (χ2n) is 5.50. The summed E-state index contributed by atoms with van der Waals surface area (Å²) in [5.74, 6) is -1.40. The van der Waals surface area contributed by atoms with Crippen molar-refractivity contribution >= 4 is 11.7 Å². The summed E-state index contributed by atoms with van der Waals surface area (Å²) in [6.07, 6.45) is 0.163. The van der Waals surface area contributed by atoms with Gasteiger partial charge in [-0.2, -0.15) is 0 Å². The van der Waals surface area contributed by atoms with Gasteiger partial charge in [-0.15, -0.1) is 0 Å². The van der Waals surface area contributed by atoms with Crippen LogP contribution in [-0.2, 0) is 17.8 Å². The molecule has 1 amide bonds. The number of aryl methyl sites for hydroxylation is 2. The highest BCUT2D eigenvalue weighted by Gasteiger charge is 2.09. The van der Waals surface area contributed by atoms with Gasteiger partial charge in [0.2, 0.25) is 5.91 Å². The van der Waals surface area contributed by atoms with Crippen molar-refractivity contribution in [1.29, 1.82) is 0 Å². The van der Waals surface area contributed by atoms with Crippen molar-refractivity contribution in [3.05, 3.63) is 64.5 Å². The molecule has 0 radical (unpaired) electrons. The van der Waals surface area contributed by atoms with Gasteiger partial charge in [0.05, 0.1) is 12.2 Å². The first-order valence-corrected chi connectivity index (χ1v) is 7.55.